The lowest BCUT2D eigenvalue weighted by Crippen LogP contribution is -2.42. The van der Waals surface area contributed by atoms with E-state index in [1.165, 1.54) is 0 Å². The number of ether oxygens (including phenoxy) is 1. The number of nitrogens with one attached hydrogen (secondary N) is 1. The quantitative estimate of drug-likeness (QED) is 0.924. The van der Waals surface area contributed by atoms with Crippen LogP contribution in [0.25, 0.3) is 0 Å². The summed E-state index contributed by atoms with van der Waals surface area (Å²) in [5.41, 5.74) is 0.733. The van der Waals surface area contributed by atoms with Crippen LogP contribution in [0.2, 0.25) is 0 Å². The largest absolute Gasteiger partial charge is 0.373 e. The Labute approximate surface area is 121 Å². The average Bonchev–Trinajstić information content (AvgIpc) is 3.05. The maximum absolute atomic E-state index is 12.4. The number of fused-ring (bicyclic) bond motifs is 2. The summed E-state index contributed by atoms with van der Waals surface area (Å²) in [5, 5.41) is 3.13. The van der Waals surface area contributed by atoms with Crippen LogP contribution in [0.5, 0.6) is 0 Å². The second-order valence-corrected chi connectivity index (χ2v) is 6.34. The molecule has 2 aliphatic rings. The van der Waals surface area contributed by atoms with Gasteiger partial charge in [0.2, 0.25) is 0 Å². The van der Waals surface area contributed by atoms with Crippen molar-refractivity contribution in [1.82, 2.24) is 9.88 Å². The van der Waals surface area contributed by atoms with E-state index in [9.17, 15) is 4.79 Å². The fraction of sp³-hybridized carbons (Fsp3) is 0.643. The number of aryl methyl sites for hydroxylation is 1. The molecule has 1 aromatic rings. The summed E-state index contributed by atoms with van der Waals surface area (Å²) < 4.78 is 8.74. The lowest BCUT2D eigenvalue weighted by molar-refractivity contribution is 0.0834. The molecule has 5 heteroatoms. The molecule has 4 nitrogen and oxygen atoms in total. The van der Waals surface area contributed by atoms with Gasteiger partial charge in [0.05, 0.1) is 18.2 Å². The second kappa shape index (κ2) is 5.29. The van der Waals surface area contributed by atoms with Gasteiger partial charge in [-0.05, 0) is 47.7 Å². The predicted molar refractivity (Wildman–Crippen MR) is 76.2 cm³/mol. The van der Waals surface area contributed by atoms with Gasteiger partial charge in [0.15, 0.2) is 0 Å². The third kappa shape index (κ3) is 2.58. The maximum Gasteiger partial charge on any atom is 0.268 e. The number of hydrogen-bond donors (Lipinski definition) is 1. The maximum atomic E-state index is 12.4. The molecular formula is C14H19BrN2O2. The molecule has 0 aliphatic carbocycles. The van der Waals surface area contributed by atoms with Gasteiger partial charge in [0, 0.05) is 17.2 Å². The van der Waals surface area contributed by atoms with Crippen LogP contribution in [-0.2, 0) is 11.3 Å². The molecule has 2 saturated heterocycles. The highest BCUT2D eigenvalue weighted by Gasteiger charge is 2.41. The number of nitrogens with zero attached hydrogens (tertiary/aromatic N) is 1. The van der Waals surface area contributed by atoms with Crippen LogP contribution in [0.1, 0.15) is 43.1 Å². The van der Waals surface area contributed by atoms with Gasteiger partial charge in [-0.25, -0.2) is 0 Å². The highest BCUT2D eigenvalue weighted by molar-refractivity contribution is 9.10. The molecule has 1 amide bonds. The first-order chi connectivity index (χ1) is 9.17. The summed E-state index contributed by atoms with van der Waals surface area (Å²) in [6.45, 7) is 2.97. The van der Waals surface area contributed by atoms with E-state index in [-0.39, 0.29) is 18.1 Å². The van der Waals surface area contributed by atoms with Crippen molar-refractivity contribution in [1.29, 1.82) is 0 Å². The SMILES string of the molecule is CCCn1cc(Br)cc1C(=O)NC1CC2CCC1O2. The molecule has 1 aromatic heterocycles. The Morgan fingerprint density at radius 3 is 3.05 bits per heavy atom. The van der Waals surface area contributed by atoms with Crippen molar-refractivity contribution in [3.63, 3.8) is 0 Å². The molecule has 3 rings (SSSR count). The summed E-state index contributed by atoms with van der Waals surface area (Å²) >= 11 is 3.44. The summed E-state index contributed by atoms with van der Waals surface area (Å²) in [5.74, 6) is 0.0142. The van der Waals surface area contributed by atoms with E-state index < -0.39 is 0 Å². The molecule has 3 atom stereocenters. The van der Waals surface area contributed by atoms with Crippen molar-refractivity contribution in [2.24, 2.45) is 0 Å². The van der Waals surface area contributed by atoms with Gasteiger partial charge in [-0.1, -0.05) is 6.92 Å². The van der Waals surface area contributed by atoms with Gasteiger partial charge in [0.25, 0.3) is 5.91 Å². The number of amides is 1. The average molecular weight is 327 g/mol. The van der Waals surface area contributed by atoms with Crippen LogP contribution < -0.4 is 5.32 Å². The third-order valence-electron chi connectivity index (χ3n) is 3.98. The number of rotatable bonds is 4. The van der Waals surface area contributed by atoms with E-state index >= 15 is 0 Å². The summed E-state index contributed by atoms with van der Waals surface area (Å²) in [4.78, 5) is 12.4. The Balaban J connectivity index is 1.70. The summed E-state index contributed by atoms with van der Waals surface area (Å²) in [6, 6.07) is 2.08. The normalized spacial score (nSPS) is 28.8. The first kappa shape index (κ1) is 13.2. The molecule has 2 bridgehead atoms. The summed E-state index contributed by atoms with van der Waals surface area (Å²) in [7, 11) is 0. The van der Waals surface area contributed by atoms with E-state index in [2.05, 4.69) is 28.2 Å². The van der Waals surface area contributed by atoms with Crippen LogP contribution in [0.3, 0.4) is 0 Å². The van der Waals surface area contributed by atoms with Crippen LogP contribution in [0.4, 0.5) is 0 Å². The van der Waals surface area contributed by atoms with Crippen LogP contribution in [0.15, 0.2) is 16.7 Å². The molecule has 3 unspecified atom stereocenters. The second-order valence-electron chi connectivity index (χ2n) is 5.43. The zero-order valence-electron chi connectivity index (χ0n) is 11.1. The van der Waals surface area contributed by atoms with Crippen LogP contribution in [0, 0.1) is 0 Å². The van der Waals surface area contributed by atoms with Gasteiger partial charge in [0.1, 0.15) is 5.69 Å². The fourth-order valence-corrected chi connectivity index (χ4v) is 3.59. The zero-order chi connectivity index (χ0) is 13.4. The Kier molecular flexibility index (Phi) is 3.67. The highest BCUT2D eigenvalue weighted by Crippen LogP contribution is 2.34. The van der Waals surface area contributed by atoms with Crippen LogP contribution >= 0.6 is 15.9 Å². The summed E-state index contributed by atoms with van der Waals surface area (Å²) in [6.07, 6.45) is 6.77. The van der Waals surface area contributed by atoms with E-state index in [1.54, 1.807) is 0 Å². The van der Waals surface area contributed by atoms with E-state index in [0.717, 1.165) is 42.4 Å². The number of carbonyl (C=O) groups is 1. The highest BCUT2D eigenvalue weighted by atomic mass is 79.9. The Bertz CT molecular complexity index is 486. The number of carbonyl (C=O) groups excluding carboxylic acids is 1. The zero-order valence-corrected chi connectivity index (χ0v) is 12.6. The minimum Gasteiger partial charge on any atom is -0.373 e. The molecule has 0 aromatic carbocycles. The van der Waals surface area contributed by atoms with Crippen molar-refractivity contribution in [3.8, 4) is 0 Å². The van der Waals surface area contributed by atoms with Crippen molar-refractivity contribution in [2.75, 3.05) is 0 Å². The molecule has 3 heterocycles. The molecule has 1 N–H and O–H groups in total. The Hall–Kier alpha value is -0.810. The van der Waals surface area contributed by atoms with Gasteiger partial charge < -0.3 is 14.6 Å². The number of aromatic nitrogens is 1. The smallest absolute Gasteiger partial charge is 0.268 e. The first-order valence-corrected chi connectivity index (χ1v) is 7.78. The first-order valence-electron chi connectivity index (χ1n) is 6.99. The van der Waals surface area contributed by atoms with Gasteiger partial charge in [-0.15, -0.1) is 0 Å². The van der Waals surface area contributed by atoms with E-state index in [0.29, 0.717) is 6.10 Å². The van der Waals surface area contributed by atoms with Gasteiger partial charge >= 0.3 is 0 Å². The van der Waals surface area contributed by atoms with Crippen molar-refractivity contribution in [2.45, 2.75) is 57.4 Å². The predicted octanol–water partition coefficient (Wildman–Crippen LogP) is 2.71. The topological polar surface area (TPSA) is 43.3 Å². The molecule has 0 saturated carbocycles. The molecule has 0 spiro atoms. The fourth-order valence-electron chi connectivity index (χ4n) is 3.12. The molecule has 2 aliphatic heterocycles. The minimum atomic E-state index is 0.0142. The molecule has 0 radical (unpaired) electrons. The van der Waals surface area contributed by atoms with Crippen molar-refractivity contribution in [3.05, 3.63) is 22.4 Å². The van der Waals surface area contributed by atoms with Crippen molar-refractivity contribution < 1.29 is 9.53 Å². The standard InChI is InChI=1S/C14H19BrN2O2/c1-2-5-17-8-9(15)6-12(17)14(18)16-11-7-10-3-4-13(11)19-10/h6,8,10-11,13H,2-5,7H2,1H3,(H,16,18). The minimum absolute atomic E-state index is 0.0142. The van der Waals surface area contributed by atoms with E-state index in [1.807, 2.05) is 16.8 Å². The number of halogens is 1. The molecule has 19 heavy (non-hydrogen) atoms. The molecule has 104 valence electrons. The monoisotopic (exact) mass is 326 g/mol. The molecule has 2 fully saturated rings. The van der Waals surface area contributed by atoms with E-state index in [4.69, 9.17) is 4.74 Å². The lowest BCUT2D eigenvalue weighted by Gasteiger charge is -2.20. The lowest BCUT2D eigenvalue weighted by atomic mass is 9.95. The third-order valence-corrected chi connectivity index (χ3v) is 4.42. The molecular weight excluding hydrogens is 308 g/mol. The van der Waals surface area contributed by atoms with Crippen LogP contribution in [-0.4, -0.2) is 28.7 Å². The van der Waals surface area contributed by atoms with Gasteiger partial charge in [-0.3, -0.25) is 4.79 Å². The Morgan fingerprint density at radius 2 is 2.42 bits per heavy atom. The number of hydrogen-bond acceptors (Lipinski definition) is 2. The van der Waals surface area contributed by atoms with Crippen molar-refractivity contribution >= 4 is 21.8 Å². The Morgan fingerprint density at radius 1 is 1.58 bits per heavy atom. The van der Waals surface area contributed by atoms with Gasteiger partial charge in [-0.2, -0.15) is 0 Å².